The quantitative estimate of drug-likeness (QED) is 0.836. The van der Waals surface area contributed by atoms with Crippen LogP contribution in [0.15, 0.2) is 6.07 Å². The van der Waals surface area contributed by atoms with Gasteiger partial charge in [0.25, 0.3) is 0 Å². The van der Waals surface area contributed by atoms with Gasteiger partial charge >= 0.3 is 0 Å². The Morgan fingerprint density at radius 1 is 1.39 bits per heavy atom. The monoisotopic (exact) mass is 251 g/mol. The van der Waals surface area contributed by atoms with Crippen molar-refractivity contribution < 1.29 is 9.84 Å². The first kappa shape index (κ1) is 13.1. The number of hydrogen-bond acceptors (Lipinski definition) is 5. The van der Waals surface area contributed by atoms with Gasteiger partial charge < -0.3 is 15.2 Å². The average molecular weight is 251 g/mol. The maximum atomic E-state index is 9.58. The molecule has 0 atom stereocenters. The maximum Gasteiger partial charge on any atom is 0.218 e. The minimum Gasteiger partial charge on any atom is -0.478 e. The minimum atomic E-state index is -0.218. The lowest BCUT2D eigenvalue weighted by atomic mass is 9.99. The van der Waals surface area contributed by atoms with Gasteiger partial charge in [-0.25, -0.2) is 4.98 Å². The number of rotatable bonds is 5. The Bertz CT molecular complexity index is 403. The maximum absolute atomic E-state index is 9.58. The highest BCUT2D eigenvalue weighted by Gasteiger charge is 2.33. The molecular formula is C13H21N3O2. The van der Waals surface area contributed by atoms with Crippen molar-refractivity contribution in [3.8, 4) is 5.88 Å². The van der Waals surface area contributed by atoms with Crippen LogP contribution in [0.4, 0.5) is 5.82 Å². The molecule has 1 aromatic rings. The van der Waals surface area contributed by atoms with Crippen LogP contribution in [0.2, 0.25) is 0 Å². The van der Waals surface area contributed by atoms with E-state index < -0.39 is 0 Å². The molecule has 1 aliphatic rings. The number of nitrogens with zero attached hydrogens (tertiary/aromatic N) is 2. The first-order chi connectivity index (χ1) is 8.67. The first-order valence-corrected chi connectivity index (χ1v) is 6.55. The summed E-state index contributed by atoms with van der Waals surface area (Å²) in [5, 5.41) is 12.9. The van der Waals surface area contributed by atoms with E-state index in [0.717, 1.165) is 31.5 Å². The molecule has 2 N–H and O–H groups in total. The van der Waals surface area contributed by atoms with Crippen molar-refractivity contribution in [3.63, 3.8) is 0 Å². The van der Waals surface area contributed by atoms with Crippen molar-refractivity contribution in [1.29, 1.82) is 0 Å². The van der Waals surface area contributed by atoms with Crippen LogP contribution in [0.25, 0.3) is 0 Å². The van der Waals surface area contributed by atoms with Crippen LogP contribution in [-0.4, -0.2) is 33.8 Å². The summed E-state index contributed by atoms with van der Waals surface area (Å²) in [5.41, 5.74) is -0.218. The second-order valence-electron chi connectivity index (χ2n) is 4.84. The second-order valence-corrected chi connectivity index (χ2v) is 4.84. The Labute approximate surface area is 108 Å². The van der Waals surface area contributed by atoms with Crippen molar-refractivity contribution in [3.05, 3.63) is 11.9 Å². The van der Waals surface area contributed by atoms with E-state index in [1.165, 1.54) is 0 Å². The van der Waals surface area contributed by atoms with Crippen LogP contribution in [0.5, 0.6) is 5.88 Å². The molecule has 5 heteroatoms. The molecule has 0 spiro atoms. The van der Waals surface area contributed by atoms with E-state index in [2.05, 4.69) is 15.3 Å². The van der Waals surface area contributed by atoms with Gasteiger partial charge in [0.15, 0.2) is 0 Å². The third-order valence-corrected chi connectivity index (χ3v) is 3.36. The Hall–Kier alpha value is -1.36. The Balaban J connectivity index is 2.17. The van der Waals surface area contributed by atoms with Crippen LogP contribution in [0, 0.1) is 6.92 Å². The van der Waals surface area contributed by atoms with E-state index >= 15 is 0 Å². The predicted octanol–water partition coefficient (Wildman–Crippen LogP) is 1.90. The van der Waals surface area contributed by atoms with Gasteiger partial charge in [0, 0.05) is 6.07 Å². The number of hydrogen-bond donors (Lipinski definition) is 2. The minimum absolute atomic E-state index is 0.139. The van der Waals surface area contributed by atoms with Gasteiger partial charge in [0.2, 0.25) is 5.88 Å². The number of aliphatic hydroxyl groups is 1. The summed E-state index contributed by atoms with van der Waals surface area (Å²) >= 11 is 0. The SMILES string of the molecule is CCOc1cc(NC2(CO)CCCC2)nc(C)n1. The lowest BCUT2D eigenvalue weighted by Crippen LogP contribution is -2.39. The summed E-state index contributed by atoms with van der Waals surface area (Å²) in [6.07, 6.45) is 4.26. The third-order valence-electron chi connectivity index (χ3n) is 3.36. The van der Waals surface area contributed by atoms with Crippen molar-refractivity contribution in [2.75, 3.05) is 18.5 Å². The number of aliphatic hydroxyl groups excluding tert-OH is 1. The molecule has 0 radical (unpaired) electrons. The van der Waals surface area contributed by atoms with Crippen molar-refractivity contribution in [2.24, 2.45) is 0 Å². The predicted molar refractivity (Wildman–Crippen MR) is 69.8 cm³/mol. The number of nitrogens with one attached hydrogen (secondary N) is 1. The molecular weight excluding hydrogens is 230 g/mol. The van der Waals surface area contributed by atoms with Gasteiger partial charge in [-0.1, -0.05) is 12.8 Å². The van der Waals surface area contributed by atoms with Gasteiger partial charge in [-0.15, -0.1) is 0 Å². The van der Waals surface area contributed by atoms with Crippen molar-refractivity contribution in [1.82, 2.24) is 9.97 Å². The van der Waals surface area contributed by atoms with E-state index in [4.69, 9.17) is 4.74 Å². The molecule has 0 amide bonds. The Morgan fingerprint density at radius 2 is 2.11 bits per heavy atom. The fourth-order valence-corrected chi connectivity index (χ4v) is 2.47. The molecule has 2 rings (SSSR count). The number of aromatic nitrogens is 2. The van der Waals surface area contributed by atoms with Crippen LogP contribution in [-0.2, 0) is 0 Å². The van der Waals surface area contributed by atoms with Crippen LogP contribution >= 0.6 is 0 Å². The standard InChI is InChI=1S/C13H21N3O2/c1-3-18-12-8-11(14-10(2)15-12)16-13(9-17)6-4-5-7-13/h8,17H,3-7,9H2,1-2H3,(H,14,15,16). The summed E-state index contributed by atoms with van der Waals surface area (Å²) in [5.74, 6) is 2.00. The van der Waals surface area contributed by atoms with Gasteiger partial charge in [-0.3, -0.25) is 0 Å². The largest absolute Gasteiger partial charge is 0.478 e. The summed E-state index contributed by atoms with van der Waals surface area (Å²) < 4.78 is 5.40. The van der Waals surface area contributed by atoms with Crippen LogP contribution in [0.1, 0.15) is 38.4 Å². The summed E-state index contributed by atoms with van der Waals surface area (Å²) in [6, 6.07) is 1.80. The van der Waals surface area contributed by atoms with Gasteiger partial charge in [-0.05, 0) is 26.7 Å². The molecule has 1 fully saturated rings. The fraction of sp³-hybridized carbons (Fsp3) is 0.692. The highest BCUT2D eigenvalue weighted by atomic mass is 16.5. The van der Waals surface area contributed by atoms with E-state index in [0.29, 0.717) is 18.3 Å². The normalized spacial score (nSPS) is 17.7. The molecule has 5 nitrogen and oxygen atoms in total. The average Bonchev–Trinajstić information content (AvgIpc) is 2.78. The molecule has 1 heterocycles. The summed E-state index contributed by atoms with van der Waals surface area (Å²) in [4.78, 5) is 8.57. The Kier molecular flexibility index (Phi) is 4.01. The fourth-order valence-electron chi connectivity index (χ4n) is 2.47. The zero-order chi connectivity index (χ0) is 13.0. The number of ether oxygens (including phenoxy) is 1. The molecule has 100 valence electrons. The lowest BCUT2D eigenvalue weighted by molar-refractivity contribution is 0.213. The zero-order valence-corrected chi connectivity index (χ0v) is 11.1. The molecule has 0 bridgehead atoms. The number of aryl methyl sites for hydroxylation is 1. The smallest absolute Gasteiger partial charge is 0.218 e. The van der Waals surface area contributed by atoms with Crippen LogP contribution < -0.4 is 10.1 Å². The van der Waals surface area contributed by atoms with Gasteiger partial charge in [0.1, 0.15) is 11.6 Å². The van der Waals surface area contributed by atoms with E-state index in [1.54, 1.807) is 6.07 Å². The molecule has 1 aromatic heterocycles. The Morgan fingerprint density at radius 3 is 2.72 bits per heavy atom. The third kappa shape index (κ3) is 2.90. The highest BCUT2D eigenvalue weighted by molar-refractivity contribution is 5.41. The van der Waals surface area contributed by atoms with E-state index in [1.807, 2.05) is 13.8 Å². The van der Waals surface area contributed by atoms with Crippen LogP contribution in [0.3, 0.4) is 0 Å². The molecule has 1 aliphatic carbocycles. The van der Waals surface area contributed by atoms with E-state index in [-0.39, 0.29) is 12.1 Å². The van der Waals surface area contributed by atoms with Gasteiger partial charge in [0.05, 0.1) is 18.8 Å². The summed E-state index contributed by atoms with van der Waals surface area (Å²) in [6.45, 7) is 4.49. The first-order valence-electron chi connectivity index (χ1n) is 6.55. The molecule has 0 unspecified atom stereocenters. The lowest BCUT2D eigenvalue weighted by Gasteiger charge is -2.28. The molecule has 18 heavy (non-hydrogen) atoms. The molecule has 0 aliphatic heterocycles. The molecule has 0 aromatic carbocycles. The molecule has 1 saturated carbocycles. The number of anilines is 1. The van der Waals surface area contributed by atoms with Gasteiger partial charge in [-0.2, -0.15) is 4.98 Å². The second kappa shape index (κ2) is 5.52. The van der Waals surface area contributed by atoms with Crippen molar-refractivity contribution >= 4 is 5.82 Å². The summed E-state index contributed by atoms with van der Waals surface area (Å²) in [7, 11) is 0. The topological polar surface area (TPSA) is 67.3 Å². The van der Waals surface area contributed by atoms with Crippen molar-refractivity contribution in [2.45, 2.75) is 45.1 Å². The molecule has 0 saturated heterocycles. The zero-order valence-electron chi connectivity index (χ0n) is 11.1. The van der Waals surface area contributed by atoms with E-state index in [9.17, 15) is 5.11 Å². The highest BCUT2D eigenvalue weighted by Crippen LogP contribution is 2.32.